The van der Waals surface area contributed by atoms with Crippen LogP contribution < -0.4 is 15.7 Å². The van der Waals surface area contributed by atoms with E-state index in [1.54, 1.807) is 12.1 Å². The maximum absolute atomic E-state index is 11.7. The lowest BCUT2D eigenvalue weighted by Gasteiger charge is -2.09. The van der Waals surface area contributed by atoms with Crippen LogP contribution in [0.2, 0.25) is 0 Å². The molecule has 1 N–H and O–H groups in total. The SMILES string of the molecule is CCCCCNC(=O)COc1ccc2c(CCC)cc(=O)oc2c1. The van der Waals surface area contributed by atoms with E-state index in [1.165, 1.54) is 6.07 Å². The van der Waals surface area contributed by atoms with Gasteiger partial charge in [0.05, 0.1) is 0 Å². The molecular weight excluding hydrogens is 306 g/mol. The molecule has 0 atom stereocenters. The molecule has 5 nitrogen and oxygen atoms in total. The average Bonchev–Trinajstić information content (AvgIpc) is 2.56. The van der Waals surface area contributed by atoms with E-state index in [2.05, 4.69) is 19.2 Å². The van der Waals surface area contributed by atoms with Crippen molar-refractivity contribution in [3.63, 3.8) is 0 Å². The van der Waals surface area contributed by atoms with Crippen LogP contribution in [-0.2, 0) is 11.2 Å². The normalized spacial score (nSPS) is 10.8. The number of aryl methyl sites for hydroxylation is 1. The number of hydrogen-bond donors (Lipinski definition) is 1. The third-order valence-electron chi connectivity index (χ3n) is 3.79. The van der Waals surface area contributed by atoms with Crippen LogP contribution in [0, 0.1) is 0 Å². The Labute approximate surface area is 142 Å². The van der Waals surface area contributed by atoms with Gasteiger partial charge in [0.1, 0.15) is 11.3 Å². The summed E-state index contributed by atoms with van der Waals surface area (Å²) in [5.41, 5.74) is 1.10. The molecule has 130 valence electrons. The first kappa shape index (κ1) is 18.0. The molecule has 1 heterocycles. The monoisotopic (exact) mass is 331 g/mol. The maximum atomic E-state index is 11.7. The number of rotatable bonds is 9. The van der Waals surface area contributed by atoms with Gasteiger partial charge in [0, 0.05) is 24.1 Å². The number of unbranched alkanes of at least 4 members (excludes halogenated alkanes) is 2. The van der Waals surface area contributed by atoms with Crippen LogP contribution in [0.5, 0.6) is 5.75 Å². The molecule has 1 amide bonds. The van der Waals surface area contributed by atoms with Gasteiger partial charge < -0.3 is 14.5 Å². The van der Waals surface area contributed by atoms with Crippen molar-refractivity contribution < 1.29 is 13.9 Å². The van der Waals surface area contributed by atoms with Crippen LogP contribution in [0.4, 0.5) is 0 Å². The van der Waals surface area contributed by atoms with Crippen molar-refractivity contribution in [2.24, 2.45) is 0 Å². The number of carbonyl (C=O) groups excluding carboxylic acids is 1. The molecule has 24 heavy (non-hydrogen) atoms. The molecule has 0 unspecified atom stereocenters. The van der Waals surface area contributed by atoms with Crippen molar-refractivity contribution in [3.05, 3.63) is 40.2 Å². The lowest BCUT2D eigenvalue weighted by molar-refractivity contribution is -0.123. The van der Waals surface area contributed by atoms with Gasteiger partial charge in [-0.2, -0.15) is 0 Å². The molecule has 0 aliphatic rings. The number of fused-ring (bicyclic) bond motifs is 1. The zero-order valence-electron chi connectivity index (χ0n) is 14.4. The summed E-state index contributed by atoms with van der Waals surface area (Å²) < 4.78 is 10.8. The second-order valence-electron chi connectivity index (χ2n) is 5.84. The Morgan fingerprint density at radius 2 is 2.00 bits per heavy atom. The Bertz CT molecular complexity index is 736. The van der Waals surface area contributed by atoms with Crippen molar-refractivity contribution in [1.29, 1.82) is 0 Å². The Balaban J connectivity index is 2.00. The predicted molar refractivity (Wildman–Crippen MR) is 94.5 cm³/mol. The summed E-state index contributed by atoms with van der Waals surface area (Å²) in [6.07, 6.45) is 4.97. The molecule has 0 saturated heterocycles. The molecule has 0 fully saturated rings. The molecule has 0 aliphatic heterocycles. The highest BCUT2D eigenvalue weighted by atomic mass is 16.5. The Kier molecular flexibility index (Phi) is 6.85. The first-order valence-electron chi connectivity index (χ1n) is 8.60. The number of ether oxygens (including phenoxy) is 1. The molecule has 1 aromatic carbocycles. The number of amides is 1. The molecule has 0 saturated carbocycles. The Morgan fingerprint density at radius 1 is 1.17 bits per heavy atom. The molecule has 0 bridgehead atoms. The second kappa shape index (κ2) is 9.11. The Morgan fingerprint density at radius 3 is 2.75 bits per heavy atom. The average molecular weight is 331 g/mol. The maximum Gasteiger partial charge on any atom is 0.336 e. The number of benzene rings is 1. The van der Waals surface area contributed by atoms with Crippen LogP contribution in [0.1, 0.15) is 45.1 Å². The number of carbonyl (C=O) groups is 1. The Hall–Kier alpha value is -2.30. The van der Waals surface area contributed by atoms with Crippen molar-refractivity contribution in [3.8, 4) is 5.75 Å². The van der Waals surface area contributed by atoms with Crippen LogP contribution >= 0.6 is 0 Å². The standard InChI is InChI=1S/C19H25NO4/c1-3-5-6-10-20-18(21)13-23-15-8-9-16-14(7-4-2)11-19(22)24-17(16)12-15/h8-9,11-12H,3-7,10,13H2,1-2H3,(H,20,21). The zero-order valence-corrected chi connectivity index (χ0v) is 14.4. The van der Waals surface area contributed by atoms with E-state index in [4.69, 9.17) is 9.15 Å². The van der Waals surface area contributed by atoms with Gasteiger partial charge in [-0.1, -0.05) is 33.1 Å². The van der Waals surface area contributed by atoms with Gasteiger partial charge in [0.15, 0.2) is 6.61 Å². The van der Waals surface area contributed by atoms with Gasteiger partial charge in [-0.25, -0.2) is 4.79 Å². The van der Waals surface area contributed by atoms with E-state index in [0.717, 1.165) is 43.1 Å². The van der Waals surface area contributed by atoms with Gasteiger partial charge in [-0.05, 0) is 30.5 Å². The molecule has 0 aliphatic carbocycles. The largest absolute Gasteiger partial charge is 0.484 e. The predicted octanol–water partition coefficient (Wildman–Crippen LogP) is 3.43. The summed E-state index contributed by atoms with van der Waals surface area (Å²) in [6, 6.07) is 6.87. The fraction of sp³-hybridized carbons (Fsp3) is 0.474. The topological polar surface area (TPSA) is 68.5 Å². The van der Waals surface area contributed by atoms with Crippen LogP contribution in [-0.4, -0.2) is 19.1 Å². The highest BCUT2D eigenvalue weighted by Crippen LogP contribution is 2.23. The fourth-order valence-electron chi connectivity index (χ4n) is 2.58. The molecular formula is C19H25NO4. The van der Waals surface area contributed by atoms with Crippen LogP contribution in [0.25, 0.3) is 11.0 Å². The molecule has 0 spiro atoms. The van der Waals surface area contributed by atoms with Gasteiger partial charge in [0.25, 0.3) is 5.91 Å². The van der Waals surface area contributed by atoms with E-state index in [9.17, 15) is 9.59 Å². The van der Waals surface area contributed by atoms with E-state index in [-0.39, 0.29) is 18.1 Å². The van der Waals surface area contributed by atoms with E-state index >= 15 is 0 Å². The number of nitrogens with one attached hydrogen (secondary N) is 1. The third kappa shape index (κ3) is 5.11. The van der Waals surface area contributed by atoms with Gasteiger partial charge in [0.2, 0.25) is 0 Å². The van der Waals surface area contributed by atoms with Crippen LogP contribution in [0.3, 0.4) is 0 Å². The number of hydrogen-bond acceptors (Lipinski definition) is 4. The van der Waals surface area contributed by atoms with E-state index < -0.39 is 0 Å². The minimum atomic E-state index is -0.364. The van der Waals surface area contributed by atoms with Crippen molar-refractivity contribution in [2.45, 2.75) is 46.0 Å². The summed E-state index contributed by atoms with van der Waals surface area (Å²) in [4.78, 5) is 23.4. The summed E-state index contributed by atoms with van der Waals surface area (Å²) in [5, 5.41) is 3.73. The molecule has 1 aromatic heterocycles. The van der Waals surface area contributed by atoms with Crippen molar-refractivity contribution in [2.75, 3.05) is 13.2 Å². The minimum Gasteiger partial charge on any atom is -0.484 e. The summed E-state index contributed by atoms with van der Waals surface area (Å²) in [6.45, 7) is 4.81. The third-order valence-corrected chi connectivity index (χ3v) is 3.79. The summed E-state index contributed by atoms with van der Waals surface area (Å²) in [5.74, 6) is 0.371. The molecule has 2 aromatic rings. The zero-order chi connectivity index (χ0) is 17.4. The quantitative estimate of drug-likeness (QED) is 0.564. The minimum absolute atomic E-state index is 0.0451. The lowest BCUT2D eigenvalue weighted by Crippen LogP contribution is -2.29. The summed E-state index contributed by atoms with van der Waals surface area (Å²) >= 11 is 0. The highest BCUT2D eigenvalue weighted by molar-refractivity contribution is 5.82. The summed E-state index contributed by atoms with van der Waals surface area (Å²) in [7, 11) is 0. The first-order chi connectivity index (χ1) is 11.6. The highest BCUT2D eigenvalue weighted by Gasteiger charge is 2.08. The smallest absolute Gasteiger partial charge is 0.336 e. The van der Waals surface area contributed by atoms with Gasteiger partial charge in [-0.15, -0.1) is 0 Å². The second-order valence-corrected chi connectivity index (χ2v) is 5.84. The molecule has 0 radical (unpaired) electrons. The first-order valence-corrected chi connectivity index (χ1v) is 8.60. The van der Waals surface area contributed by atoms with Crippen LogP contribution in [0.15, 0.2) is 33.5 Å². The lowest BCUT2D eigenvalue weighted by atomic mass is 10.1. The molecule has 2 rings (SSSR count). The van der Waals surface area contributed by atoms with Crippen molar-refractivity contribution in [1.82, 2.24) is 5.32 Å². The fourth-order valence-corrected chi connectivity index (χ4v) is 2.58. The van der Waals surface area contributed by atoms with Crippen molar-refractivity contribution >= 4 is 16.9 Å². The van der Waals surface area contributed by atoms with Gasteiger partial charge in [-0.3, -0.25) is 4.79 Å². The van der Waals surface area contributed by atoms with E-state index in [0.29, 0.717) is 17.9 Å². The van der Waals surface area contributed by atoms with Gasteiger partial charge >= 0.3 is 5.63 Å². The van der Waals surface area contributed by atoms with E-state index in [1.807, 2.05) is 6.07 Å². The molecule has 5 heteroatoms.